The molecule has 19 heavy (non-hydrogen) atoms. The second-order valence-electron chi connectivity index (χ2n) is 4.44. The highest BCUT2D eigenvalue weighted by atomic mass is 32.2. The van der Waals surface area contributed by atoms with Gasteiger partial charge in [-0.25, -0.2) is 13.1 Å². The molecular weight excluding hydrogens is 264 g/mol. The highest BCUT2D eigenvalue weighted by Gasteiger charge is 2.09. The first kappa shape index (κ1) is 15.9. The molecule has 1 aromatic carbocycles. The Hall–Kier alpha value is -1.11. The summed E-state index contributed by atoms with van der Waals surface area (Å²) >= 11 is 0. The first-order chi connectivity index (χ1) is 8.94. The summed E-state index contributed by atoms with van der Waals surface area (Å²) in [7, 11) is -1.43. The number of hydrogen-bond donors (Lipinski definition) is 2. The van der Waals surface area contributed by atoms with Crippen LogP contribution in [0.5, 0.6) is 5.75 Å². The van der Waals surface area contributed by atoms with Crippen LogP contribution < -0.4 is 14.8 Å². The van der Waals surface area contributed by atoms with Crippen LogP contribution in [0.1, 0.15) is 24.9 Å². The van der Waals surface area contributed by atoms with Crippen LogP contribution in [0.2, 0.25) is 0 Å². The van der Waals surface area contributed by atoms with Crippen LogP contribution in [0.15, 0.2) is 24.3 Å². The molecule has 0 spiro atoms. The van der Waals surface area contributed by atoms with Crippen molar-refractivity contribution in [2.75, 3.05) is 26.5 Å². The molecule has 0 aliphatic carbocycles. The van der Waals surface area contributed by atoms with Crippen LogP contribution in [0.4, 0.5) is 0 Å². The normalized spacial score (nSPS) is 13.2. The van der Waals surface area contributed by atoms with Gasteiger partial charge in [-0.15, -0.1) is 0 Å². The van der Waals surface area contributed by atoms with Crippen molar-refractivity contribution in [3.63, 3.8) is 0 Å². The van der Waals surface area contributed by atoms with Crippen molar-refractivity contribution in [1.29, 1.82) is 0 Å². The molecule has 108 valence electrons. The zero-order valence-electron chi connectivity index (χ0n) is 11.6. The lowest BCUT2D eigenvalue weighted by Crippen LogP contribution is -2.27. The fourth-order valence-corrected chi connectivity index (χ4v) is 2.31. The standard InChI is InChI=1S/C13H22N2O3S/c1-11(12-7-4-5-8-13(12)18-2)14-9-6-10-15-19(3,16)17/h4-5,7-8,11,14-15H,6,9-10H2,1-3H3. The third-order valence-corrected chi connectivity index (χ3v) is 3.50. The minimum atomic E-state index is -3.09. The van der Waals surface area contributed by atoms with E-state index in [1.54, 1.807) is 7.11 Å². The minimum Gasteiger partial charge on any atom is -0.496 e. The van der Waals surface area contributed by atoms with E-state index >= 15 is 0 Å². The molecule has 0 saturated carbocycles. The van der Waals surface area contributed by atoms with Crippen molar-refractivity contribution >= 4 is 10.0 Å². The maximum Gasteiger partial charge on any atom is 0.208 e. The van der Waals surface area contributed by atoms with Gasteiger partial charge >= 0.3 is 0 Å². The summed E-state index contributed by atoms with van der Waals surface area (Å²) in [5.74, 6) is 0.858. The van der Waals surface area contributed by atoms with Gasteiger partial charge in [0.1, 0.15) is 5.75 Å². The van der Waals surface area contributed by atoms with Gasteiger partial charge in [-0.3, -0.25) is 0 Å². The Kier molecular flexibility index (Phi) is 6.27. The van der Waals surface area contributed by atoms with E-state index < -0.39 is 10.0 Å². The predicted molar refractivity (Wildman–Crippen MR) is 76.9 cm³/mol. The molecule has 0 bridgehead atoms. The molecule has 0 aromatic heterocycles. The Balaban J connectivity index is 2.37. The number of hydrogen-bond acceptors (Lipinski definition) is 4. The smallest absolute Gasteiger partial charge is 0.208 e. The summed E-state index contributed by atoms with van der Waals surface area (Å²) in [4.78, 5) is 0. The zero-order chi connectivity index (χ0) is 14.3. The Bertz CT molecular complexity index is 488. The molecule has 6 heteroatoms. The lowest BCUT2D eigenvalue weighted by atomic mass is 10.1. The topological polar surface area (TPSA) is 67.4 Å². The molecule has 1 atom stereocenters. The van der Waals surface area contributed by atoms with E-state index in [9.17, 15) is 8.42 Å². The Morgan fingerprint density at radius 1 is 1.26 bits per heavy atom. The van der Waals surface area contributed by atoms with E-state index in [4.69, 9.17) is 4.74 Å². The van der Waals surface area contributed by atoms with Gasteiger partial charge in [-0.2, -0.15) is 0 Å². The van der Waals surface area contributed by atoms with Crippen molar-refractivity contribution in [3.8, 4) is 5.75 Å². The number of para-hydroxylation sites is 1. The zero-order valence-corrected chi connectivity index (χ0v) is 12.5. The molecule has 1 aromatic rings. The highest BCUT2D eigenvalue weighted by molar-refractivity contribution is 7.88. The van der Waals surface area contributed by atoms with Crippen molar-refractivity contribution < 1.29 is 13.2 Å². The van der Waals surface area contributed by atoms with E-state index in [2.05, 4.69) is 17.0 Å². The maximum absolute atomic E-state index is 10.9. The lowest BCUT2D eigenvalue weighted by Gasteiger charge is -2.17. The SMILES string of the molecule is COc1ccccc1C(C)NCCCNS(C)(=O)=O. The second-order valence-corrected chi connectivity index (χ2v) is 6.27. The molecule has 0 amide bonds. The molecule has 0 radical (unpaired) electrons. The highest BCUT2D eigenvalue weighted by Crippen LogP contribution is 2.23. The van der Waals surface area contributed by atoms with E-state index in [1.807, 2.05) is 24.3 Å². The molecule has 0 aliphatic rings. The fourth-order valence-electron chi connectivity index (χ4n) is 1.80. The Labute approximate surface area is 115 Å². The predicted octanol–water partition coefficient (Wildman–Crippen LogP) is 1.29. The molecule has 1 unspecified atom stereocenters. The Morgan fingerprint density at radius 2 is 1.95 bits per heavy atom. The summed E-state index contributed by atoms with van der Waals surface area (Å²) < 4.78 is 29.5. The molecule has 0 saturated heterocycles. The average molecular weight is 286 g/mol. The third-order valence-electron chi connectivity index (χ3n) is 2.77. The van der Waals surface area contributed by atoms with E-state index in [-0.39, 0.29) is 6.04 Å². The molecule has 1 rings (SSSR count). The molecular formula is C13H22N2O3S. The van der Waals surface area contributed by atoms with Crippen molar-refractivity contribution in [2.24, 2.45) is 0 Å². The first-order valence-corrected chi connectivity index (χ1v) is 8.14. The third kappa shape index (κ3) is 6.04. The molecule has 2 N–H and O–H groups in total. The van der Waals surface area contributed by atoms with Crippen LogP contribution in [0.25, 0.3) is 0 Å². The lowest BCUT2D eigenvalue weighted by molar-refractivity contribution is 0.401. The van der Waals surface area contributed by atoms with E-state index in [0.717, 1.165) is 30.5 Å². The Morgan fingerprint density at radius 3 is 2.58 bits per heavy atom. The van der Waals surface area contributed by atoms with Crippen LogP contribution in [0, 0.1) is 0 Å². The van der Waals surface area contributed by atoms with Crippen LogP contribution in [-0.2, 0) is 10.0 Å². The van der Waals surface area contributed by atoms with Crippen molar-refractivity contribution in [1.82, 2.24) is 10.0 Å². The number of ether oxygens (including phenoxy) is 1. The summed E-state index contributed by atoms with van der Waals surface area (Å²) in [6.45, 7) is 3.24. The quantitative estimate of drug-likeness (QED) is 0.707. The number of benzene rings is 1. The van der Waals surface area contributed by atoms with Crippen LogP contribution >= 0.6 is 0 Å². The first-order valence-electron chi connectivity index (χ1n) is 6.25. The molecule has 0 fully saturated rings. The summed E-state index contributed by atoms with van der Waals surface area (Å²) in [5.41, 5.74) is 1.10. The van der Waals surface area contributed by atoms with Crippen LogP contribution in [0.3, 0.4) is 0 Å². The van der Waals surface area contributed by atoms with Gasteiger partial charge in [0.05, 0.1) is 13.4 Å². The van der Waals surface area contributed by atoms with Gasteiger partial charge in [0.25, 0.3) is 0 Å². The fraction of sp³-hybridized carbons (Fsp3) is 0.538. The number of rotatable bonds is 8. The summed E-state index contributed by atoms with van der Waals surface area (Å²) in [6.07, 6.45) is 1.91. The van der Waals surface area contributed by atoms with Crippen LogP contribution in [-0.4, -0.2) is 34.9 Å². The van der Waals surface area contributed by atoms with Crippen molar-refractivity contribution in [2.45, 2.75) is 19.4 Å². The number of sulfonamides is 1. The van der Waals surface area contributed by atoms with Gasteiger partial charge in [-0.05, 0) is 26.0 Å². The molecule has 5 nitrogen and oxygen atoms in total. The second kappa shape index (κ2) is 7.47. The van der Waals surface area contributed by atoms with E-state index in [0.29, 0.717) is 6.54 Å². The largest absolute Gasteiger partial charge is 0.496 e. The van der Waals surface area contributed by atoms with E-state index in [1.165, 1.54) is 0 Å². The summed E-state index contributed by atoms with van der Waals surface area (Å²) in [6, 6.07) is 8.02. The monoisotopic (exact) mass is 286 g/mol. The molecule has 0 heterocycles. The van der Waals surface area contributed by atoms with Gasteiger partial charge in [0.15, 0.2) is 0 Å². The average Bonchev–Trinajstić information content (AvgIpc) is 2.36. The van der Waals surface area contributed by atoms with Gasteiger partial charge in [0, 0.05) is 18.2 Å². The molecule has 0 aliphatic heterocycles. The maximum atomic E-state index is 10.9. The van der Waals surface area contributed by atoms with Gasteiger partial charge in [-0.1, -0.05) is 18.2 Å². The summed E-state index contributed by atoms with van der Waals surface area (Å²) in [5, 5.41) is 3.35. The van der Waals surface area contributed by atoms with Gasteiger partial charge < -0.3 is 10.1 Å². The van der Waals surface area contributed by atoms with Gasteiger partial charge in [0.2, 0.25) is 10.0 Å². The number of nitrogens with one attached hydrogen (secondary N) is 2. The minimum absolute atomic E-state index is 0.161. The van der Waals surface area contributed by atoms with Crippen molar-refractivity contribution in [3.05, 3.63) is 29.8 Å². The number of methoxy groups -OCH3 is 1.